The first-order valence-electron chi connectivity index (χ1n) is 25.9. The van der Waals surface area contributed by atoms with E-state index in [1.54, 1.807) is 12.1 Å². The molecule has 13 nitrogen and oxygen atoms in total. The van der Waals surface area contributed by atoms with Crippen LogP contribution >= 0.6 is 0 Å². The topological polar surface area (TPSA) is 149 Å². The Morgan fingerprint density at radius 1 is 0.574 bits per heavy atom. The molecule has 14 rings (SSSR count). The number of hydrogen-bond acceptors (Lipinski definition) is 11. The third-order valence-corrected chi connectivity index (χ3v) is 17.6. The summed E-state index contributed by atoms with van der Waals surface area (Å²) in [5.41, 5.74) is 2.44. The van der Waals surface area contributed by atoms with Crippen LogP contribution in [0.15, 0.2) is 48.5 Å². The second kappa shape index (κ2) is 18.5. The fraction of sp³-hybridized carbons (Fsp3) is 0.727. The first-order chi connectivity index (χ1) is 32.1. The van der Waals surface area contributed by atoms with Crippen molar-refractivity contribution in [3.63, 3.8) is 0 Å². The number of amides is 2. The Morgan fingerprint density at radius 3 is 1.32 bits per heavy atom. The third kappa shape index (κ3) is 9.50. The van der Waals surface area contributed by atoms with E-state index >= 15 is 0 Å². The van der Waals surface area contributed by atoms with Crippen LogP contribution in [0.5, 0.6) is 11.5 Å². The molecule has 2 N–H and O–H groups in total. The van der Waals surface area contributed by atoms with Crippen LogP contribution in [-0.2, 0) is 33.8 Å². The van der Waals surface area contributed by atoms with Gasteiger partial charge in [-0.15, -0.1) is 0 Å². The van der Waals surface area contributed by atoms with E-state index in [0.29, 0.717) is 53.6 Å². The Labute approximate surface area is 402 Å². The summed E-state index contributed by atoms with van der Waals surface area (Å²) in [6, 6.07) is 15.5. The van der Waals surface area contributed by atoms with Crippen LogP contribution in [0.1, 0.15) is 174 Å². The lowest BCUT2D eigenvalue weighted by atomic mass is 9.53. The molecular formula is C55H76N2O11. The maximum atomic E-state index is 12.1. The van der Waals surface area contributed by atoms with E-state index in [2.05, 4.69) is 43.5 Å². The summed E-state index contributed by atoms with van der Waals surface area (Å²) in [6.07, 6.45) is 19.2. The Balaban J connectivity index is 0.000000156. The third-order valence-electron chi connectivity index (χ3n) is 17.6. The van der Waals surface area contributed by atoms with Gasteiger partial charge in [-0.1, -0.05) is 52.5 Å². The van der Waals surface area contributed by atoms with Crippen molar-refractivity contribution in [3.05, 3.63) is 59.7 Å². The highest BCUT2D eigenvalue weighted by Crippen LogP contribution is 2.66. The molecule has 10 saturated carbocycles. The lowest BCUT2D eigenvalue weighted by molar-refractivity contribution is -0.390. The predicted molar refractivity (Wildman–Crippen MR) is 252 cm³/mol. The van der Waals surface area contributed by atoms with E-state index < -0.39 is 35.3 Å². The molecule has 2 amide bonds. The quantitative estimate of drug-likeness (QED) is 0.255. The van der Waals surface area contributed by atoms with Crippen LogP contribution in [0.2, 0.25) is 0 Å². The summed E-state index contributed by atoms with van der Waals surface area (Å²) < 4.78 is 24.5. The van der Waals surface area contributed by atoms with Crippen molar-refractivity contribution in [2.24, 2.45) is 52.8 Å². The number of ketones is 1. The highest BCUT2D eigenvalue weighted by molar-refractivity contribution is 5.82. The molecule has 372 valence electrons. The minimum Gasteiger partial charge on any atom is -0.410 e. The van der Waals surface area contributed by atoms with E-state index in [-0.39, 0.29) is 25.2 Å². The summed E-state index contributed by atoms with van der Waals surface area (Å²) >= 11 is 0. The van der Waals surface area contributed by atoms with Crippen molar-refractivity contribution in [1.29, 1.82) is 0 Å². The fourth-order valence-electron chi connectivity index (χ4n) is 15.0. The average Bonchev–Trinajstić information content (AvgIpc) is 3.85. The molecule has 12 fully saturated rings. The monoisotopic (exact) mass is 941 g/mol. The second-order valence-corrected chi connectivity index (χ2v) is 23.9. The maximum Gasteiger partial charge on any atom is 0.412 e. The molecule has 0 radical (unpaired) electrons. The minimum atomic E-state index is -0.653. The molecule has 68 heavy (non-hydrogen) atoms. The number of carbonyl (C=O) groups is 3. The molecule has 2 aromatic rings. The fourth-order valence-corrected chi connectivity index (χ4v) is 15.0. The number of benzene rings is 2. The summed E-state index contributed by atoms with van der Waals surface area (Å²) in [7, 11) is 0. The van der Waals surface area contributed by atoms with Gasteiger partial charge in [-0.05, 0) is 173 Å². The van der Waals surface area contributed by atoms with Gasteiger partial charge in [0.15, 0.2) is 0 Å². The van der Waals surface area contributed by atoms with E-state index in [0.717, 1.165) is 75.0 Å². The van der Waals surface area contributed by atoms with Crippen LogP contribution in [0, 0.1) is 52.8 Å². The van der Waals surface area contributed by atoms with Crippen molar-refractivity contribution in [1.82, 2.24) is 10.6 Å². The molecule has 2 aromatic carbocycles. The number of Topliss-reactive ketones (excluding diaryl/α,β-unsaturated/α-hetero) is 1. The minimum absolute atomic E-state index is 0. The molecule has 13 heteroatoms. The molecule has 4 atom stereocenters. The van der Waals surface area contributed by atoms with E-state index in [4.69, 9.17) is 38.5 Å². The summed E-state index contributed by atoms with van der Waals surface area (Å²) in [5.74, 6) is 4.59. The van der Waals surface area contributed by atoms with Gasteiger partial charge in [0.05, 0.1) is 6.54 Å². The second-order valence-electron chi connectivity index (χ2n) is 23.9. The largest absolute Gasteiger partial charge is 0.412 e. The van der Waals surface area contributed by atoms with Gasteiger partial charge in [-0.3, -0.25) is 4.79 Å². The Bertz CT molecular complexity index is 2100. The Morgan fingerprint density at radius 2 is 0.956 bits per heavy atom. The van der Waals surface area contributed by atoms with Gasteiger partial charge in [0.1, 0.15) is 17.3 Å². The Kier molecular flexibility index (Phi) is 13.1. The van der Waals surface area contributed by atoms with Crippen LogP contribution in [0.25, 0.3) is 0 Å². The van der Waals surface area contributed by atoms with Crippen molar-refractivity contribution in [3.8, 4) is 11.5 Å². The predicted octanol–water partition coefficient (Wildman–Crippen LogP) is 11.8. The van der Waals surface area contributed by atoms with Gasteiger partial charge in [0, 0.05) is 55.9 Å². The molecule has 0 aromatic heterocycles. The van der Waals surface area contributed by atoms with Crippen LogP contribution in [0.4, 0.5) is 9.59 Å². The number of ether oxygens (including phenoxy) is 4. The molecule has 10 aliphatic carbocycles. The van der Waals surface area contributed by atoms with E-state index in [9.17, 15) is 14.4 Å². The molecule has 2 aliphatic heterocycles. The van der Waals surface area contributed by atoms with Gasteiger partial charge in [0.25, 0.3) is 0 Å². The van der Waals surface area contributed by atoms with Gasteiger partial charge in [-0.2, -0.15) is 19.6 Å². The first kappa shape index (κ1) is 48.1. The number of rotatable bonds is 7. The van der Waals surface area contributed by atoms with Gasteiger partial charge >= 0.3 is 12.2 Å². The normalized spacial score (nSPS) is 40.2. The van der Waals surface area contributed by atoms with Crippen molar-refractivity contribution in [2.75, 3.05) is 13.1 Å². The SMILES string of the molecule is C.CC(=O)CNC(=O)Oc1ccc([C@@H]2CCC[C@]3(C2)OOC2(O3)C3CC4CC(C3)CC2C4)cc1.CC(C)(C)CNC(=O)Oc1ccc([C@@H]2CCC[C@]3(C2)OOC2(O3)C3CC4CC(C3)CC2C4)cc1. The zero-order valence-electron chi connectivity index (χ0n) is 40.0. The molecule has 8 bridgehead atoms. The first-order valence-corrected chi connectivity index (χ1v) is 25.9. The number of hydrogen-bond donors (Lipinski definition) is 2. The molecule has 2 saturated heterocycles. The molecule has 0 unspecified atom stereocenters. The lowest BCUT2D eigenvalue weighted by Gasteiger charge is -2.57. The number of carbonyl (C=O) groups excluding carboxylic acids is 3. The molecular weight excluding hydrogens is 865 g/mol. The lowest BCUT2D eigenvalue weighted by Crippen LogP contribution is -2.59. The smallest absolute Gasteiger partial charge is 0.410 e. The zero-order chi connectivity index (χ0) is 46.2. The van der Waals surface area contributed by atoms with Crippen molar-refractivity contribution < 1.29 is 52.9 Å². The summed E-state index contributed by atoms with van der Waals surface area (Å²) in [4.78, 5) is 59.5. The van der Waals surface area contributed by atoms with Crippen molar-refractivity contribution >= 4 is 18.0 Å². The molecule has 2 heterocycles. The van der Waals surface area contributed by atoms with Crippen molar-refractivity contribution in [2.45, 2.75) is 186 Å². The van der Waals surface area contributed by atoms with Crippen LogP contribution in [-0.4, -0.2) is 54.2 Å². The highest BCUT2D eigenvalue weighted by Gasteiger charge is 2.68. The molecule has 12 aliphatic rings. The summed E-state index contributed by atoms with van der Waals surface area (Å²) in [6.45, 7) is 8.18. The van der Waals surface area contributed by atoms with E-state index in [1.807, 2.05) is 24.3 Å². The molecule has 4 spiro atoms. The highest BCUT2D eigenvalue weighted by atomic mass is 17.3. The maximum absolute atomic E-state index is 12.1. The summed E-state index contributed by atoms with van der Waals surface area (Å²) in [5, 5.41) is 5.26. The van der Waals surface area contributed by atoms with Gasteiger partial charge in [-0.25, -0.2) is 9.59 Å². The van der Waals surface area contributed by atoms with Crippen LogP contribution in [0.3, 0.4) is 0 Å². The zero-order valence-corrected chi connectivity index (χ0v) is 40.0. The van der Waals surface area contributed by atoms with Gasteiger partial charge in [0.2, 0.25) is 23.1 Å². The van der Waals surface area contributed by atoms with E-state index in [1.165, 1.54) is 82.3 Å². The van der Waals surface area contributed by atoms with Crippen LogP contribution < -0.4 is 20.1 Å². The van der Waals surface area contributed by atoms with Gasteiger partial charge < -0.3 is 29.6 Å². The Hall–Kier alpha value is -3.59. The number of nitrogens with one attached hydrogen (secondary N) is 2. The average molecular weight is 941 g/mol. The standard InChI is InChI=1S/C28H39NO5.C26H33NO6.CH4/c1-26(2,3)17-29-25(30)31-24-8-6-20(7-9-24)21-5-4-10-27(16-21)32-28(34-33-27)22-12-18-11-19(14-22)15-23(28)13-18;1-16(28)15-27-24(29)30-23-6-4-19(5-7-23)20-3-2-8-25(14-20)31-26(33-32-25)21-10-17-9-18(12-21)13-22(26)11-17;/h6-9,18-19,21-23H,4-5,10-17H2,1-3H3,(H,29,30);4-7,17-18,20-22H,2-3,8-15H2,1H3,(H,27,29);1H4/t18?,19?,21-,22?,23?,27-,28?;17?,18?,20-,21?,22?,25-,26?;/m11./s1.